The number of carbonyl (C=O) groups is 1. The number of benzene rings is 1. The first-order valence-corrected chi connectivity index (χ1v) is 8.50. The quantitative estimate of drug-likeness (QED) is 0.877. The first kappa shape index (κ1) is 16.8. The molecule has 1 unspecified atom stereocenters. The van der Waals surface area contributed by atoms with Crippen LogP contribution in [-0.2, 0) is 0 Å². The van der Waals surface area contributed by atoms with Gasteiger partial charge in [0, 0.05) is 32.7 Å². The van der Waals surface area contributed by atoms with Gasteiger partial charge in [-0.25, -0.2) is 4.79 Å². The molecule has 1 atom stereocenters. The van der Waals surface area contributed by atoms with Crippen molar-refractivity contribution in [2.45, 2.75) is 32.6 Å². The number of hydrogen-bond acceptors (Lipinski definition) is 2. The Bertz CT molecular complexity index is 441. The van der Waals surface area contributed by atoms with Crippen LogP contribution in [0, 0.1) is 0 Å². The Hall–Kier alpha value is -1.55. The molecule has 22 heavy (non-hydrogen) atoms. The van der Waals surface area contributed by atoms with E-state index in [1.807, 2.05) is 11.8 Å². The van der Waals surface area contributed by atoms with Gasteiger partial charge in [0.15, 0.2) is 0 Å². The fourth-order valence-corrected chi connectivity index (χ4v) is 3.01. The van der Waals surface area contributed by atoms with Gasteiger partial charge in [-0.1, -0.05) is 37.3 Å². The molecule has 1 aromatic rings. The van der Waals surface area contributed by atoms with Crippen LogP contribution in [-0.4, -0.2) is 55.1 Å². The van der Waals surface area contributed by atoms with E-state index in [1.54, 1.807) is 0 Å². The Labute approximate surface area is 134 Å². The van der Waals surface area contributed by atoms with Crippen LogP contribution < -0.4 is 5.32 Å². The van der Waals surface area contributed by atoms with Gasteiger partial charge in [-0.3, -0.25) is 4.90 Å². The lowest BCUT2D eigenvalue weighted by molar-refractivity contribution is 0.138. The molecule has 1 fully saturated rings. The molecule has 1 N–H and O–H groups in total. The minimum absolute atomic E-state index is 0.0832. The Morgan fingerprint density at radius 1 is 1.18 bits per heavy atom. The highest BCUT2D eigenvalue weighted by atomic mass is 16.2. The highest BCUT2D eigenvalue weighted by Gasteiger charge is 2.20. The fraction of sp³-hybridized carbons (Fsp3) is 0.611. The molecular formula is C18H29N3O. The largest absolute Gasteiger partial charge is 0.338 e. The first-order chi connectivity index (χ1) is 10.7. The maximum absolute atomic E-state index is 11.8. The summed E-state index contributed by atoms with van der Waals surface area (Å²) in [6.45, 7) is 9.80. The van der Waals surface area contributed by atoms with Crippen molar-refractivity contribution >= 4 is 6.03 Å². The Morgan fingerprint density at radius 2 is 1.86 bits per heavy atom. The number of piperazine rings is 1. The minimum Gasteiger partial charge on any atom is -0.338 e. The zero-order valence-electron chi connectivity index (χ0n) is 13.9. The van der Waals surface area contributed by atoms with E-state index < -0.39 is 0 Å². The number of rotatable bonds is 6. The zero-order valence-corrected chi connectivity index (χ0v) is 13.9. The summed E-state index contributed by atoms with van der Waals surface area (Å²) in [5.41, 5.74) is 1.43. The molecule has 0 aliphatic carbocycles. The van der Waals surface area contributed by atoms with Crippen molar-refractivity contribution in [3.05, 3.63) is 35.9 Å². The van der Waals surface area contributed by atoms with Gasteiger partial charge in [-0.15, -0.1) is 0 Å². The molecule has 122 valence electrons. The molecule has 4 heteroatoms. The molecule has 2 amide bonds. The number of amides is 2. The average Bonchev–Trinajstić information content (AvgIpc) is 2.56. The third kappa shape index (κ3) is 5.02. The minimum atomic E-state index is 0.0832. The zero-order chi connectivity index (χ0) is 15.8. The van der Waals surface area contributed by atoms with Gasteiger partial charge in [-0.2, -0.15) is 0 Å². The summed E-state index contributed by atoms with van der Waals surface area (Å²) in [5.74, 6) is 0.623. The number of hydrogen-bond donors (Lipinski definition) is 1. The van der Waals surface area contributed by atoms with Crippen molar-refractivity contribution in [1.82, 2.24) is 15.1 Å². The predicted molar refractivity (Wildman–Crippen MR) is 91.2 cm³/mol. The molecule has 1 aliphatic heterocycles. The summed E-state index contributed by atoms with van der Waals surface area (Å²) in [5, 5.41) is 2.87. The molecular weight excluding hydrogens is 274 g/mol. The molecule has 1 saturated heterocycles. The number of nitrogens with zero attached hydrogens (tertiary/aromatic N) is 2. The molecule has 0 radical (unpaired) electrons. The summed E-state index contributed by atoms with van der Waals surface area (Å²) in [6.07, 6.45) is 2.44. The van der Waals surface area contributed by atoms with E-state index in [9.17, 15) is 4.79 Å². The monoisotopic (exact) mass is 303 g/mol. The van der Waals surface area contributed by atoms with Gasteiger partial charge < -0.3 is 10.2 Å². The van der Waals surface area contributed by atoms with Crippen LogP contribution in [0.25, 0.3) is 0 Å². The van der Waals surface area contributed by atoms with Gasteiger partial charge in [-0.05, 0) is 37.8 Å². The maximum atomic E-state index is 11.8. The van der Waals surface area contributed by atoms with Gasteiger partial charge >= 0.3 is 6.03 Å². The van der Waals surface area contributed by atoms with Crippen molar-refractivity contribution in [2.75, 3.05) is 39.3 Å². The van der Waals surface area contributed by atoms with Crippen LogP contribution >= 0.6 is 0 Å². The van der Waals surface area contributed by atoms with E-state index in [0.29, 0.717) is 12.5 Å². The van der Waals surface area contributed by atoms with E-state index in [-0.39, 0.29) is 6.03 Å². The van der Waals surface area contributed by atoms with Crippen molar-refractivity contribution in [1.29, 1.82) is 0 Å². The standard InChI is InChI=1S/C18H29N3O/c1-3-19-18(22)21-14-12-20(13-15-21)11-7-8-16(2)17-9-5-4-6-10-17/h4-6,9-10,16H,3,7-8,11-15H2,1-2H3,(H,19,22). The van der Waals surface area contributed by atoms with Crippen LogP contribution in [0.15, 0.2) is 30.3 Å². The highest BCUT2D eigenvalue weighted by Crippen LogP contribution is 2.20. The molecule has 1 heterocycles. The molecule has 1 aliphatic rings. The molecule has 0 saturated carbocycles. The van der Waals surface area contributed by atoms with Crippen LogP contribution in [0.3, 0.4) is 0 Å². The molecule has 0 aromatic heterocycles. The topological polar surface area (TPSA) is 35.6 Å². The predicted octanol–water partition coefficient (Wildman–Crippen LogP) is 2.92. The molecule has 0 bridgehead atoms. The van der Waals surface area contributed by atoms with Crippen molar-refractivity contribution < 1.29 is 4.79 Å². The second-order valence-corrected chi connectivity index (χ2v) is 6.12. The lowest BCUT2D eigenvalue weighted by atomic mass is 9.96. The van der Waals surface area contributed by atoms with E-state index >= 15 is 0 Å². The lowest BCUT2D eigenvalue weighted by Gasteiger charge is -2.34. The second kappa shape index (κ2) is 8.79. The fourth-order valence-electron chi connectivity index (χ4n) is 3.01. The Kier molecular flexibility index (Phi) is 6.72. The van der Waals surface area contributed by atoms with Crippen molar-refractivity contribution in [3.8, 4) is 0 Å². The van der Waals surface area contributed by atoms with E-state index in [0.717, 1.165) is 32.7 Å². The van der Waals surface area contributed by atoms with E-state index in [1.165, 1.54) is 18.4 Å². The van der Waals surface area contributed by atoms with E-state index in [2.05, 4.69) is 47.5 Å². The smallest absolute Gasteiger partial charge is 0.317 e. The maximum Gasteiger partial charge on any atom is 0.317 e. The van der Waals surface area contributed by atoms with Crippen molar-refractivity contribution in [2.24, 2.45) is 0 Å². The number of nitrogens with one attached hydrogen (secondary N) is 1. The summed E-state index contributed by atoms with van der Waals surface area (Å²) in [4.78, 5) is 16.2. The summed E-state index contributed by atoms with van der Waals surface area (Å²) in [6, 6.07) is 10.8. The lowest BCUT2D eigenvalue weighted by Crippen LogP contribution is -2.51. The number of carbonyl (C=O) groups excluding carboxylic acids is 1. The van der Waals surface area contributed by atoms with Crippen LogP contribution in [0.1, 0.15) is 38.2 Å². The molecule has 1 aromatic carbocycles. The summed E-state index contributed by atoms with van der Waals surface area (Å²) < 4.78 is 0. The summed E-state index contributed by atoms with van der Waals surface area (Å²) >= 11 is 0. The van der Waals surface area contributed by atoms with E-state index in [4.69, 9.17) is 0 Å². The number of urea groups is 1. The van der Waals surface area contributed by atoms with Gasteiger partial charge in [0.2, 0.25) is 0 Å². The third-order valence-corrected chi connectivity index (χ3v) is 4.47. The normalized spacial score (nSPS) is 17.3. The molecule has 2 rings (SSSR count). The Morgan fingerprint density at radius 3 is 2.50 bits per heavy atom. The Balaban J connectivity index is 1.64. The average molecular weight is 303 g/mol. The van der Waals surface area contributed by atoms with Crippen LogP contribution in [0.2, 0.25) is 0 Å². The van der Waals surface area contributed by atoms with Gasteiger partial charge in [0.05, 0.1) is 0 Å². The molecule has 4 nitrogen and oxygen atoms in total. The first-order valence-electron chi connectivity index (χ1n) is 8.50. The summed E-state index contributed by atoms with van der Waals surface area (Å²) in [7, 11) is 0. The molecule has 0 spiro atoms. The van der Waals surface area contributed by atoms with Gasteiger partial charge in [0.1, 0.15) is 0 Å². The second-order valence-electron chi connectivity index (χ2n) is 6.12. The third-order valence-electron chi connectivity index (χ3n) is 4.47. The SMILES string of the molecule is CCNC(=O)N1CCN(CCCC(C)c2ccccc2)CC1. The van der Waals surface area contributed by atoms with Crippen LogP contribution in [0.4, 0.5) is 4.79 Å². The van der Waals surface area contributed by atoms with Gasteiger partial charge in [0.25, 0.3) is 0 Å². The van der Waals surface area contributed by atoms with Crippen molar-refractivity contribution in [3.63, 3.8) is 0 Å². The van der Waals surface area contributed by atoms with Crippen LogP contribution in [0.5, 0.6) is 0 Å². The highest BCUT2D eigenvalue weighted by molar-refractivity contribution is 5.74.